The molecule has 0 aliphatic carbocycles. The lowest BCUT2D eigenvalue weighted by Gasteiger charge is -2.21. The summed E-state index contributed by atoms with van der Waals surface area (Å²) >= 11 is 4.41. The third-order valence-corrected chi connectivity index (χ3v) is 5.06. The molecule has 0 N–H and O–H groups in total. The Morgan fingerprint density at radius 1 is 1.33 bits per heavy atom. The second-order valence-corrected chi connectivity index (χ2v) is 7.60. The van der Waals surface area contributed by atoms with Gasteiger partial charge >= 0.3 is 0 Å². The summed E-state index contributed by atoms with van der Waals surface area (Å²) in [6.45, 7) is 1.49. The average molecular weight is 288 g/mol. The maximum atomic E-state index is 11.7. The molecule has 0 amide bonds. The van der Waals surface area contributed by atoms with E-state index < -0.39 is 10.0 Å². The van der Waals surface area contributed by atoms with Gasteiger partial charge in [0.15, 0.2) is 0 Å². The van der Waals surface area contributed by atoms with Crippen LogP contribution in [0.3, 0.4) is 0 Å². The standard InChI is InChI=1S/C12H20N2O2S2/c1-18(15,16)14-10-12(17)9-11(14)5-4-8-13-6-2-3-7-13/h2-3,6-7,11-12,17H,4-5,8-10H2,1H3/t11-,12-/m1/s1. The van der Waals surface area contributed by atoms with Crippen LogP contribution < -0.4 is 0 Å². The van der Waals surface area contributed by atoms with E-state index in [0.717, 1.165) is 25.8 Å². The second-order valence-electron chi connectivity index (χ2n) is 4.94. The Morgan fingerprint density at radius 3 is 2.61 bits per heavy atom. The minimum absolute atomic E-state index is 0.123. The van der Waals surface area contributed by atoms with E-state index in [4.69, 9.17) is 0 Å². The molecule has 0 bridgehead atoms. The highest BCUT2D eigenvalue weighted by molar-refractivity contribution is 7.88. The third-order valence-electron chi connectivity index (χ3n) is 3.39. The molecule has 102 valence electrons. The monoisotopic (exact) mass is 288 g/mol. The minimum Gasteiger partial charge on any atom is -0.354 e. The molecular formula is C12H20N2O2S2. The van der Waals surface area contributed by atoms with Gasteiger partial charge in [0.2, 0.25) is 10.0 Å². The zero-order valence-corrected chi connectivity index (χ0v) is 12.3. The van der Waals surface area contributed by atoms with E-state index in [1.54, 1.807) is 4.31 Å². The number of aromatic nitrogens is 1. The van der Waals surface area contributed by atoms with Gasteiger partial charge in [0, 0.05) is 36.8 Å². The van der Waals surface area contributed by atoms with Gasteiger partial charge in [-0.05, 0) is 31.4 Å². The van der Waals surface area contributed by atoms with Crippen LogP contribution in [-0.4, -0.2) is 41.4 Å². The molecule has 6 heteroatoms. The van der Waals surface area contributed by atoms with Gasteiger partial charge in [0.25, 0.3) is 0 Å². The predicted molar refractivity (Wildman–Crippen MR) is 76.4 cm³/mol. The van der Waals surface area contributed by atoms with Crippen LogP contribution in [0.4, 0.5) is 0 Å². The van der Waals surface area contributed by atoms with Crippen molar-refractivity contribution in [3.05, 3.63) is 24.5 Å². The first-order chi connectivity index (χ1) is 8.47. The molecule has 1 aromatic heterocycles. The summed E-state index contributed by atoms with van der Waals surface area (Å²) in [5.74, 6) is 0. The van der Waals surface area contributed by atoms with Gasteiger partial charge in [-0.25, -0.2) is 8.42 Å². The maximum Gasteiger partial charge on any atom is 0.211 e. The highest BCUT2D eigenvalue weighted by Crippen LogP contribution is 2.27. The van der Waals surface area contributed by atoms with Crippen molar-refractivity contribution in [1.29, 1.82) is 0 Å². The first kappa shape index (κ1) is 14.0. The molecular weight excluding hydrogens is 268 g/mol. The Labute approximate surface area is 114 Å². The first-order valence-electron chi connectivity index (χ1n) is 6.22. The van der Waals surface area contributed by atoms with Gasteiger partial charge in [-0.15, -0.1) is 0 Å². The van der Waals surface area contributed by atoms with Gasteiger partial charge in [-0.1, -0.05) is 0 Å². The Balaban J connectivity index is 1.87. The molecule has 4 nitrogen and oxygen atoms in total. The fourth-order valence-electron chi connectivity index (χ4n) is 2.56. The summed E-state index contributed by atoms with van der Waals surface area (Å²) < 4.78 is 27.1. The van der Waals surface area contributed by atoms with Crippen LogP contribution in [0.1, 0.15) is 19.3 Å². The fraction of sp³-hybridized carbons (Fsp3) is 0.667. The zero-order valence-electron chi connectivity index (χ0n) is 10.6. The van der Waals surface area contributed by atoms with Crippen molar-refractivity contribution in [2.45, 2.75) is 37.1 Å². The lowest BCUT2D eigenvalue weighted by molar-refractivity contribution is 0.360. The predicted octanol–water partition coefficient (Wildman–Crippen LogP) is 1.60. The summed E-state index contributed by atoms with van der Waals surface area (Å²) in [4.78, 5) is 0. The fourth-order valence-corrected chi connectivity index (χ4v) is 4.27. The molecule has 1 saturated heterocycles. The highest BCUT2D eigenvalue weighted by atomic mass is 32.2. The van der Waals surface area contributed by atoms with Crippen molar-refractivity contribution in [2.24, 2.45) is 0 Å². The molecule has 2 rings (SSSR count). The number of rotatable bonds is 5. The number of hydrogen-bond donors (Lipinski definition) is 1. The van der Waals surface area contributed by atoms with Crippen LogP contribution >= 0.6 is 12.6 Å². The molecule has 0 radical (unpaired) electrons. The molecule has 1 aliphatic rings. The van der Waals surface area contributed by atoms with E-state index in [2.05, 4.69) is 17.2 Å². The SMILES string of the molecule is CS(=O)(=O)N1C[C@H](S)C[C@H]1CCCn1cccc1. The van der Waals surface area contributed by atoms with Crippen molar-refractivity contribution in [1.82, 2.24) is 8.87 Å². The molecule has 0 saturated carbocycles. The van der Waals surface area contributed by atoms with Crippen LogP contribution in [0.5, 0.6) is 0 Å². The molecule has 18 heavy (non-hydrogen) atoms. The van der Waals surface area contributed by atoms with Crippen LogP contribution in [0.15, 0.2) is 24.5 Å². The molecule has 0 spiro atoms. The van der Waals surface area contributed by atoms with Crippen molar-refractivity contribution in [2.75, 3.05) is 12.8 Å². The number of aryl methyl sites for hydroxylation is 1. The second kappa shape index (κ2) is 5.67. The largest absolute Gasteiger partial charge is 0.354 e. The summed E-state index contributed by atoms with van der Waals surface area (Å²) in [5, 5.41) is 0.177. The summed E-state index contributed by atoms with van der Waals surface area (Å²) in [5.41, 5.74) is 0. The Hall–Kier alpha value is -0.460. The lowest BCUT2D eigenvalue weighted by Crippen LogP contribution is -2.35. The molecule has 1 fully saturated rings. The number of nitrogens with zero attached hydrogens (tertiary/aromatic N) is 2. The van der Waals surface area contributed by atoms with Crippen LogP contribution in [-0.2, 0) is 16.6 Å². The molecule has 2 atom stereocenters. The van der Waals surface area contributed by atoms with E-state index in [1.807, 2.05) is 24.5 Å². The van der Waals surface area contributed by atoms with E-state index >= 15 is 0 Å². The van der Waals surface area contributed by atoms with Crippen molar-refractivity contribution in [3.8, 4) is 0 Å². The van der Waals surface area contributed by atoms with E-state index in [-0.39, 0.29) is 11.3 Å². The first-order valence-corrected chi connectivity index (χ1v) is 8.59. The Morgan fingerprint density at radius 2 is 2.00 bits per heavy atom. The Bertz CT molecular complexity index is 470. The summed E-state index contributed by atoms with van der Waals surface area (Å²) in [6, 6.07) is 4.13. The third kappa shape index (κ3) is 3.52. The lowest BCUT2D eigenvalue weighted by atomic mass is 10.1. The minimum atomic E-state index is -3.09. The van der Waals surface area contributed by atoms with Gasteiger partial charge < -0.3 is 4.57 Å². The van der Waals surface area contributed by atoms with Crippen molar-refractivity contribution in [3.63, 3.8) is 0 Å². The average Bonchev–Trinajstić information content (AvgIpc) is 2.87. The number of thiol groups is 1. The highest BCUT2D eigenvalue weighted by Gasteiger charge is 2.35. The molecule has 1 aliphatic heterocycles. The number of hydrogen-bond acceptors (Lipinski definition) is 3. The molecule has 1 aromatic rings. The van der Waals surface area contributed by atoms with Gasteiger partial charge in [-0.3, -0.25) is 0 Å². The summed E-state index contributed by atoms with van der Waals surface area (Å²) in [7, 11) is -3.09. The molecule has 2 heterocycles. The molecule has 0 unspecified atom stereocenters. The smallest absolute Gasteiger partial charge is 0.211 e. The van der Waals surface area contributed by atoms with Crippen LogP contribution in [0.25, 0.3) is 0 Å². The topological polar surface area (TPSA) is 42.3 Å². The van der Waals surface area contributed by atoms with Crippen LogP contribution in [0, 0.1) is 0 Å². The maximum absolute atomic E-state index is 11.7. The molecule has 0 aromatic carbocycles. The van der Waals surface area contributed by atoms with Crippen LogP contribution in [0.2, 0.25) is 0 Å². The van der Waals surface area contributed by atoms with E-state index in [1.165, 1.54) is 6.26 Å². The van der Waals surface area contributed by atoms with E-state index in [9.17, 15) is 8.42 Å². The van der Waals surface area contributed by atoms with E-state index in [0.29, 0.717) is 6.54 Å². The Kier molecular flexibility index (Phi) is 4.40. The quantitative estimate of drug-likeness (QED) is 0.836. The normalized spacial score (nSPS) is 25.7. The summed E-state index contributed by atoms with van der Waals surface area (Å²) in [6.07, 6.45) is 8.11. The van der Waals surface area contributed by atoms with Gasteiger partial charge in [0.1, 0.15) is 0 Å². The van der Waals surface area contributed by atoms with Gasteiger partial charge in [-0.2, -0.15) is 16.9 Å². The zero-order chi connectivity index (χ0) is 13.2. The van der Waals surface area contributed by atoms with Crippen molar-refractivity contribution >= 4 is 22.7 Å². The van der Waals surface area contributed by atoms with Crippen molar-refractivity contribution < 1.29 is 8.42 Å². The van der Waals surface area contributed by atoms with Gasteiger partial charge in [0.05, 0.1) is 6.26 Å². The number of sulfonamides is 1.